The van der Waals surface area contributed by atoms with Crippen molar-refractivity contribution in [2.75, 3.05) is 0 Å². The molecule has 0 fully saturated rings. The largest absolute Gasteiger partial charge is 0.481 e. The zero-order valence-electron chi connectivity index (χ0n) is 12.0. The summed E-state index contributed by atoms with van der Waals surface area (Å²) in [5.74, 6) is -2.50. The molecule has 0 radical (unpaired) electrons. The molecular weight excluding hydrogens is 323 g/mol. The predicted octanol–water partition coefficient (Wildman–Crippen LogP) is 0.251. The third kappa shape index (κ3) is 4.65. The fraction of sp³-hybridized carbons (Fsp3) is 0.308. The zero-order chi connectivity index (χ0) is 16.8. The quantitative estimate of drug-likeness (QED) is 0.200. The number of oxime groups is 1. The van der Waals surface area contributed by atoms with Crippen molar-refractivity contribution in [3.05, 3.63) is 34.5 Å². The Morgan fingerprint density at radius 2 is 2.30 bits per heavy atom. The highest BCUT2D eigenvalue weighted by Gasteiger charge is 2.33. The molecule has 1 amide bonds. The van der Waals surface area contributed by atoms with Gasteiger partial charge in [0.15, 0.2) is 5.71 Å². The Hall–Kier alpha value is -2.17. The fourth-order valence-electron chi connectivity index (χ4n) is 2.09. The van der Waals surface area contributed by atoms with Crippen molar-refractivity contribution in [3.8, 4) is 0 Å². The number of carboxylic acids is 1. The summed E-state index contributed by atoms with van der Waals surface area (Å²) in [6.45, 7) is 0. The lowest BCUT2D eigenvalue weighted by Gasteiger charge is -2.20. The van der Waals surface area contributed by atoms with E-state index in [1.54, 1.807) is 23.6 Å². The molecule has 1 aliphatic rings. The van der Waals surface area contributed by atoms with E-state index in [1.807, 2.05) is 0 Å². The highest BCUT2D eigenvalue weighted by molar-refractivity contribution is 7.13. The van der Waals surface area contributed by atoms with Crippen molar-refractivity contribution in [3.63, 3.8) is 0 Å². The number of carbonyl (C=O) groups is 2. The number of rotatable bonds is 5. The van der Waals surface area contributed by atoms with E-state index in [9.17, 15) is 14.6 Å². The maximum Gasteiger partial charge on any atom is 0.478 e. The van der Waals surface area contributed by atoms with Gasteiger partial charge in [-0.15, -0.1) is 11.3 Å². The standard InChI is InChI=1S/C13H15BN2O6S/c17-11(18)7-8-3-1-5-10(14(20)22-8)15-13(19)12(16-21)9-4-2-6-23-9/h1-4,6,8,10,20-21H,5,7H2,(H,15,19)(H,17,18)/b16-12-/t8-,10+/m1/s1. The first-order chi connectivity index (χ1) is 11.0. The van der Waals surface area contributed by atoms with E-state index in [2.05, 4.69) is 10.5 Å². The molecule has 122 valence electrons. The molecule has 8 nitrogen and oxygen atoms in total. The first-order valence-electron chi connectivity index (χ1n) is 6.80. The molecule has 2 atom stereocenters. The Kier molecular flexibility index (Phi) is 5.91. The highest BCUT2D eigenvalue weighted by Crippen LogP contribution is 2.14. The van der Waals surface area contributed by atoms with Gasteiger partial charge < -0.3 is 25.3 Å². The molecule has 4 N–H and O–H groups in total. The Bertz CT molecular complexity index is 618. The highest BCUT2D eigenvalue weighted by atomic mass is 32.1. The topological polar surface area (TPSA) is 128 Å². The molecule has 0 aromatic carbocycles. The fourth-order valence-corrected chi connectivity index (χ4v) is 2.79. The summed E-state index contributed by atoms with van der Waals surface area (Å²) < 4.78 is 5.21. The molecule has 10 heteroatoms. The van der Waals surface area contributed by atoms with E-state index in [1.165, 1.54) is 17.4 Å². The van der Waals surface area contributed by atoms with Crippen LogP contribution < -0.4 is 5.32 Å². The maximum atomic E-state index is 12.2. The molecule has 1 aliphatic heterocycles. The van der Waals surface area contributed by atoms with Crippen LogP contribution in [0.4, 0.5) is 0 Å². The van der Waals surface area contributed by atoms with Crippen LogP contribution in [0, 0.1) is 0 Å². The third-order valence-electron chi connectivity index (χ3n) is 3.16. The zero-order valence-corrected chi connectivity index (χ0v) is 12.8. The van der Waals surface area contributed by atoms with Crippen LogP contribution in [0.25, 0.3) is 0 Å². The monoisotopic (exact) mass is 338 g/mol. The molecule has 1 aromatic heterocycles. The summed E-state index contributed by atoms with van der Waals surface area (Å²) in [6.07, 6.45) is 2.37. The van der Waals surface area contributed by atoms with Crippen LogP contribution in [0.5, 0.6) is 0 Å². The normalized spacial score (nSPS) is 21.8. The molecule has 0 saturated carbocycles. The molecule has 0 saturated heterocycles. The third-order valence-corrected chi connectivity index (χ3v) is 4.04. The number of aliphatic carboxylic acids is 1. The molecule has 1 aromatic rings. The predicted molar refractivity (Wildman–Crippen MR) is 83.4 cm³/mol. The summed E-state index contributed by atoms with van der Waals surface area (Å²) in [4.78, 5) is 23.4. The molecule has 0 spiro atoms. The van der Waals surface area contributed by atoms with Gasteiger partial charge in [-0.05, 0) is 17.9 Å². The number of carbonyl (C=O) groups excluding carboxylic acids is 1. The number of amides is 1. The van der Waals surface area contributed by atoms with E-state index in [0.717, 1.165) is 0 Å². The van der Waals surface area contributed by atoms with Crippen molar-refractivity contribution in [1.29, 1.82) is 0 Å². The van der Waals surface area contributed by atoms with Crippen molar-refractivity contribution in [1.82, 2.24) is 5.32 Å². The van der Waals surface area contributed by atoms with Gasteiger partial charge in [0.25, 0.3) is 5.91 Å². The van der Waals surface area contributed by atoms with Crippen molar-refractivity contribution in [2.24, 2.45) is 5.16 Å². The SMILES string of the molecule is O=C(O)C[C@H]1C=CC[C@H](NC(=O)/C(=N\O)c2cccs2)B(O)O1. The van der Waals surface area contributed by atoms with Gasteiger partial charge in [0.1, 0.15) is 0 Å². The van der Waals surface area contributed by atoms with Gasteiger partial charge in [-0.1, -0.05) is 23.4 Å². The molecule has 0 aliphatic carbocycles. The minimum absolute atomic E-state index is 0.164. The van der Waals surface area contributed by atoms with Crippen molar-refractivity contribution >= 4 is 36.0 Å². The van der Waals surface area contributed by atoms with Crippen LogP contribution in [0.15, 0.2) is 34.8 Å². The summed E-state index contributed by atoms with van der Waals surface area (Å²) in [5, 5.41) is 35.0. The Morgan fingerprint density at radius 3 is 2.91 bits per heavy atom. The van der Waals surface area contributed by atoms with Gasteiger partial charge in [0.2, 0.25) is 0 Å². The van der Waals surface area contributed by atoms with E-state index in [-0.39, 0.29) is 18.6 Å². The van der Waals surface area contributed by atoms with E-state index in [4.69, 9.17) is 15.0 Å². The average molecular weight is 338 g/mol. The smallest absolute Gasteiger partial charge is 0.478 e. The Morgan fingerprint density at radius 1 is 1.52 bits per heavy atom. The molecule has 2 rings (SSSR count). The van der Waals surface area contributed by atoms with E-state index < -0.39 is 31.0 Å². The number of nitrogens with zero attached hydrogens (tertiary/aromatic N) is 1. The second-order valence-electron chi connectivity index (χ2n) is 4.83. The molecule has 2 heterocycles. The van der Waals surface area contributed by atoms with Crippen molar-refractivity contribution < 1.29 is 29.6 Å². The van der Waals surface area contributed by atoms with Crippen LogP contribution in [0.2, 0.25) is 0 Å². The lowest BCUT2D eigenvalue weighted by atomic mass is 9.77. The van der Waals surface area contributed by atoms with Crippen LogP contribution in [-0.2, 0) is 14.2 Å². The maximum absolute atomic E-state index is 12.2. The number of thiophene rings is 1. The minimum atomic E-state index is -1.37. The number of nitrogens with one attached hydrogen (secondary N) is 1. The van der Waals surface area contributed by atoms with Crippen LogP contribution in [0.1, 0.15) is 17.7 Å². The lowest BCUT2D eigenvalue weighted by Crippen LogP contribution is -2.50. The number of hydrogen-bond acceptors (Lipinski definition) is 7. The molecule has 23 heavy (non-hydrogen) atoms. The van der Waals surface area contributed by atoms with Gasteiger partial charge in [-0.2, -0.15) is 0 Å². The van der Waals surface area contributed by atoms with Gasteiger partial charge >= 0.3 is 13.1 Å². The Balaban J connectivity index is 2.01. The molecule has 0 bridgehead atoms. The lowest BCUT2D eigenvalue weighted by molar-refractivity contribution is -0.138. The summed E-state index contributed by atoms with van der Waals surface area (Å²) in [7, 11) is -1.37. The van der Waals surface area contributed by atoms with Crippen molar-refractivity contribution in [2.45, 2.75) is 24.9 Å². The number of hydrogen-bond donors (Lipinski definition) is 4. The first-order valence-corrected chi connectivity index (χ1v) is 7.68. The summed E-state index contributed by atoms with van der Waals surface area (Å²) in [5.41, 5.74) is -0.164. The average Bonchev–Trinajstić information content (AvgIpc) is 2.94. The molecular formula is C13H15BN2O6S. The minimum Gasteiger partial charge on any atom is -0.481 e. The first kappa shape index (κ1) is 17.2. The molecule has 0 unspecified atom stereocenters. The number of carboxylic acid groups (broad SMARTS) is 1. The second kappa shape index (κ2) is 7.91. The van der Waals surface area contributed by atoms with Gasteiger partial charge in [0.05, 0.1) is 23.3 Å². The van der Waals surface area contributed by atoms with E-state index in [0.29, 0.717) is 4.88 Å². The van der Waals surface area contributed by atoms with Crippen LogP contribution in [-0.4, -0.2) is 52.1 Å². The van der Waals surface area contributed by atoms with Crippen LogP contribution >= 0.6 is 11.3 Å². The Labute approximate surface area is 136 Å². The van der Waals surface area contributed by atoms with Gasteiger partial charge in [-0.25, -0.2) is 0 Å². The second-order valence-corrected chi connectivity index (χ2v) is 5.78. The summed E-state index contributed by atoms with van der Waals surface area (Å²) in [6, 6.07) is 3.34. The van der Waals surface area contributed by atoms with Gasteiger partial charge in [0, 0.05) is 0 Å². The van der Waals surface area contributed by atoms with Crippen LogP contribution in [0.3, 0.4) is 0 Å². The van der Waals surface area contributed by atoms with E-state index >= 15 is 0 Å². The summed E-state index contributed by atoms with van der Waals surface area (Å²) >= 11 is 1.23. The van der Waals surface area contributed by atoms with Gasteiger partial charge in [-0.3, -0.25) is 9.59 Å².